The first-order valence-corrected chi connectivity index (χ1v) is 6.93. The standard InChI is InChI=1S/C15H20O4/c1-14(2)6-9-10(7-14)15(3)5-4-8(13(18)19-15)11(9)12(16)17/h8,10H,4-7H2,1-3H3,(H,16,17)/t8-,10-,15?/m0/s1. The van der Waals surface area contributed by atoms with E-state index in [1.54, 1.807) is 0 Å². The van der Waals surface area contributed by atoms with Crippen LogP contribution in [0.2, 0.25) is 0 Å². The molecule has 1 unspecified atom stereocenters. The van der Waals surface area contributed by atoms with Crippen LogP contribution in [-0.4, -0.2) is 22.6 Å². The quantitative estimate of drug-likeness (QED) is 0.739. The molecule has 2 bridgehead atoms. The summed E-state index contributed by atoms with van der Waals surface area (Å²) in [5.74, 6) is -1.76. The van der Waals surface area contributed by atoms with E-state index in [0.717, 1.165) is 24.8 Å². The summed E-state index contributed by atoms with van der Waals surface area (Å²) >= 11 is 0. The molecule has 1 N–H and O–H groups in total. The number of carbonyl (C=O) groups is 2. The molecule has 3 atom stereocenters. The minimum Gasteiger partial charge on any atom is -0.478 e. The lowest BCUT2D eigenvalue weighted by atomic mass is 9.79. The summed E-state index contributed by atoms with van der Waals surface area (Å²) in [4.78, 5) is 23.7. The Morgan fingerprint density at radius 2 is 2.05 bits per heavy atom. The van der Waals surface area contributed by atoms with Gasteiger partial charge in [-0.15, -0.1) is 0 Å². The number of rotatable bonds is 1. The molecule has 0 aromatic heterocycles. The van der Waals surface area contributed by atoms with Crippen molar-refractivity contribution in [3.63, 3.8) is 0 Å². The van der Waals surface area contributed by atoms with E-state index < -0.39 is 17.5 Å². The van der Waals surface area contributed by atoms with Gasteiger partial charge in [0.1, 0.15) is 5.60 Å². The van der Waals surface area contributed by atoms with Crippen LogP contribution in [0.5, 0.6) is 0 Å². The van der Waals surface area contributed by atoms with Crippen LogP contribution in [0.25, 0.3) is 0 Å². The second-order valence-electron chi connectivity index (χ2n) is 7.17. The highest BCUT2D eigenvalue weighted by molar-refractivity contribution is 5.96. The number of ether oxygens (including phenoxy) is 1. The first-order valence-electron chi connectivity index (χ1n) is 6.93. The van der Waals surface area contributed by atoms with Gasteiger partial charge in [-0.25, -0.2) is 4.79 Å². The fourth-order valence-corrected chi connectivity index (χ4v) is 4.17. The summed E-state index contributed by atoms with van der Waals surface area (Å²) in [6.07, 6.45) is 3.04. The van der Waals surface area contributed by atoms with Gasteiger partial charge in [0.2, 0.25) is 0 Å². The van der Waals surface area contributed by atoms with Crippen molar-refractivity contribution in [1.29, 1.82) is 0 Å². The summed E-state index contributed by atoms with van der Waals surface area (Å²) < 4.78 is 5.64. The van der Waals surface area contributed by atoms with Gasteiger partial charge in [0, 0.05) is 5.92 Å². The van der Waals surface area contributed by atoms with Crippen molar-refractivity contribution < 1.29 is 19.4 Å². The molecule has 0 spiro atoms. The molecular weight excluding hydrogens is 244 g/mol. The van der Waals surface area contributed by atoms with Gasteiger partial charge in [0.15, 0.2) is 0 Å². The molecule has 0 aromatic rings. The highest BCUT2D eigenvalue weighted by Gasteiger charge is 2.56. The number of carboxylic acids is 1. The van der Waals surface area contributed by atoms with E-state index in [9.17, 15) is 14.7 Å². The highest BCUT2D eigenvalue weighted by Crippen LogP contribution is 2.57. The normalized spacial score (nSPS) is 39.8. The monoisotopic (exact) mass is 264 g/mol. The SMILES string of the molecule is CC1(C)CC2=C(C(=O)O)[C@@H]3CCC(C)(OC3=O)[C@H]2C1. The Bertz CT molecular complexity index is 502. The van der Waals surface area contributed by atoms with E-state index in [1.165, 1.54) is 0 Å². The maximum atomic E-state index is 12.1. The molecule has 2 fully saturated rings. The van der Waals surface area contributed by atoms with Crippen LogP contribution in [0.1, 0.15) is 46.5 Å². The molecule has 0 aromatic carbocycles. The van der Waals surface area contributed by atoms with Crippen LogP contribution in [0.4, 0.5) is 0 Å². The van der Waals surface area contributed by atoms with Crippen molar-refractivity contribution in [2.75, 3.05) is 0 Å². The smallest absolute Gasteiger partial charge is 0.332 e. The average molecular weight is 264 g/mol. The van der Waals surface area contributed by atoms with Crippen molar-refractivity contribution >= 4 is 11.9 Å². The number of carboxylic acid groups (broad SMARTS) is 1. The predicted octanol–water partition coefficient (Wildman–Crippen LogP) is 2.53. The predicted molar refractivity (Wildman–Crippen MR) is 68.4 cm³/mol. The minimum absolute atomic E-state index is 0.0741. The zero-order chi connectivity index (χ0) is 14.0. The molecule has 19 heavy (non-hydrogen) atoms. The van der Waals surface area contributed by atoms with E-state index in [0.29, 0.717) is 12.0 Å². The number of aliphatic carboxylic acids is 1. The van der Waals surface area contributed by atoms with Crippen molar-refractivity contribution in [1.82, 2.24) is 0 Å². The molecule has 0 radical (unpaired) electrons. The Labute approximate surface area is 112 Å². The van der Waals surface area contributed by atoms with Crippen molar-refractivity contribution in [3.05, 3.63) is 11.1 Å². The Morgan fingerprint density at radius 3 is 2.63 bits per heavy atom. The lowest BCUT2D eigenvalue weighted by Crippen LogP contribution is -2.43. The zero-order valence-electron chi connectivity index (χ0n) is 11.7. The zero-order valence-corrected chi connectivity index (χ0v) is 11.7. The van der Waals surface area contributed by atoms with Gasteiger partial charge >= 0.3 is 11.9 Å². The summed E-state index contributed by atoms with van der Waals surface area (Å²) in [7, 11) is 0. The van der Waals surface area contributed by atoms with Crippen LogP contribution < -0.4 is 0 Å². The average Bonchev–Trinajstić information content (AvgIpc) is 2.50. The van der Waals surface area contributed by atoms with Crippen molar-refractivity contribution in [2.24, 2.45) is 17.3 Å². The summed E-state index contributed by atoms with van der Waals surface area (Å²) in [6.45, 7) is 6.29. The van der Waals surface area contributed by atoms with Gasteiger partial charge in [-0.2, -0.15) is 0 Å². The Morgan fingerprint density at radius 1 is 1.37 bits per heavy atom. The fourth-order valence-electron chi connectivity index (χ4n) is 4.17. The molecule has 4 aliphatic rings. The third-order valence-electron chi connectivity index (χ3n) is 5.06. The van der Waals surface area contributed by atoms with Gasteiger partial charge in [-0.05, 0) is 38.0 Å². The van der Waals surface area contributed by atoms with E-state index in [1.807, 2.05) is 6.92 Å². The summed E-state index contributed by atoms with van der Waals surface area (Å²) in [5.41, 5.74) is 0.886. The lowest BCUT2D eigenvalue weighted by molar-refractivity contribution is -0.174. The maximum absolute atomic E-state index is 12.1. The van der Waals surface area contributed by atoms with Crippen molar-refractivity contribution in [3.8, 4) is 0 Å². The second-order valence-corrected chi connectivity index (χ2v) is 7.17. The van der Waals surface area contributed by atoms with Crippen molar-refractivity contribution in [2.45, 2.75) is 52.1 Å². The van der Waals surface area contributed by atoms with Gasteiger partial charge in [-0.1, -0.05) is 19.4 Å². The molecule has 2 aliphatic heterocycles. The molecule has 4 rings (SSSR count). The van der Waals surface area contributed by atoms with Crippen LogP contribution in [0, 0.1) is 17.3 Å². The molecule has 1 saturated heterocycles. The number of esters is 1. The van der Waals surface area contributed by atoms with E-state index in [2.05, 4.69) is 13.8 Å². The van der Waals surface area contributed by atoms with Crippen LogP contribution in [0.15, 0.2) is 11.1 Å². The molecular formula is C15H20O4. The maximum Gasteiger partial charge on any atom is 0.332 e. The van der Waals surface area contributed by atoms with E-state index in [4.69, 9.17) is 4.74 Å². The van der Waals surface area contributed by atoms with Gasteiger partial charge in [0.05, 0.1) is 11.5 Å². The number of hydrogen-bond donors (Lipinski definition) is 1. The number of fused-ring (bicyclic) bond motifs is 2. The van der Waals surface area contributed by atoms with Crippen LogP contribution >= 0.6 is 0 Å². The highest BCUT2D eigenvalue weighted by atomic mass is 16.6. The number of carbonyl (C=O) groups excluding carboxylic acids is 1. The van der Waals surface area contributed by atoms with Crippen LogP contribution in [0.3, 0.4) is 0 Å². The molecule has 4 nitrogen and oxygen atoms in total. The first kappa shape index (κ1) is 12.7. The molecule has 2 heterocycles. The third kappa shape index (κ3) is 1.72. The Balaban J connectivity index is 2.20. The molecule has 104 valence electrons. The minimum atomic E-state index is -0.939. The van der Waals surface area contributed by atoms with Crippen LogP contribution in [-0.2, 0) is 14.3 Å². The molecule has 1 saturated carbocycles. The second kappa shape index (κ2) is 3.62. The molecule has 0 amide bonds. The Hall–Kier alpha value is -1.32. The first-order chi connectivity index (χ1) is 8.73. The Kier molecular flexibility index (Phi) is 2.42. The van der Waals surface area contributed by atoms with Gasteiger partial charge in [-0.3, -0.25) is 4.79 Å². The van der Waals surface area contributed by atoms with Gasteiger partial charge in [0.25, 0.3) is 0 Å². The molecule has 4 heteroatoms. The number of hydrogen-bond acceptors (Lipinski definition) is 3. The van der Waals surface area contributed by atoms with E-state index >= 15 is 0 Å². The van der Waals surface area contributed by atoms with Gasteiger partial charge < -0.3 is 9.84 Å². The summed E-state index contributed by atoms with van der Waals surface area (Å²) in [6, 6.07) is 0. The lowest BCUT2D eigenvalue weighted by Gasteiger charge is -2.38. The third-order valence-corrected chi connectivity index (χ3v) is 5.06. The topological polar surface area (TPSA) is 63.6 Å². The molecule has 2 aliphatic carbocycles. The summed E-state index contributed by atoms with van der Waals surface area (Å²) in [5, 5.41) is 9.54. The largest absolute Gasteiger partial charge is 0.478 e. The fraction of sp³-hybridized carbons (Fsp3) is 0.733. The van der Waals surface area contributed by atoms with E-state index in [-0.39, 0.29) is 17.3 Å².